The number of carbonyl (C=O) groups is 1. The van der Waals surface area contributed by atoms with Gasteiger partial charge in [0.05, 0.1) is 4.90 Å². The molecule has 1 aromatic rings. The summed E-state index contributed by atoms with van der Waals surface area (Å²) in [5.74, 6) is -2.01. The van der Waals surface area contributed by atoms with Crippen molar-refractivity contribution in [1.82, 2.24) is 0 Å². The van der Waals surface area contributed by atoms with Crippen molar-refractivity contribution in [3.8, 4) is 0 Å². The summed E-state index contributed by atoms with van der Waals surface area (Å²) in [6, 6.07) is 6.27. The molecule has 1 aromatic carbocycles. The summed E-state index contributed by atoms with van der Waals surface area (Å²) in [7, 11) is -4.10. The number of benzene rings is 1. The van der Waals surface area contributed by atoms with Gasteiger partial charge in [-0.05, 0) is 45.7 Å². The summed E-state index contributed by atoms with van der Waals surface area (Å²) in [6.45, 7) is 7.13. The Bertz CT molecular complexity index is 793. The van der Waals surface area contributed by atoms with Crippen molar-refractivity contribution in [1.29, 1.82) is 0 Å². The van der Waals surface area contributed by atoms with Gasteiger partial charge in [0, 0.05) is 12.8 Å². The Morgan fingerprint density at radius 3 is 2.37 bits per heavy atom. The van der Waals surface area contributed by atoms with E-state index in [0.717, 1.165) is 31.2 Å². The highest BCUT2D eigenvalue weighted by molar-refractivity contribution is 7.86. The first-order valence-corrected chi connectivity index (χ1v) is 12.0. The van der Waals surface area contributed by atoms with Gasteiger partial charge in [-0.25, -0.2) is 4.18 Å². The molecule has 1 N–H and O–H groups in total. The number of hydrogen-bond acceptors (Lipinski definition) is 7. The number of ether oxygens (including phenoxy) is 2. The Kier molecular flexibility index (Phi) is 8.59. The van der Waals surface area contributed by atoms with Crippen molar-refractivity contribution in [2.45, 2.75) is 102 Å². The number of aryl methyl sites for hydroxylation is 1. The first-order chi connectivity index (χ1) is 14.0. The molecular weight excluding hydrogens is 408 g/mol. The zero-order valence-corrected chi connectivity index (χ0v) is 19.2. The van der Waals surface area contributed by atoms with E-state index in [2.05, 4.69) is 6.92 Å². The fourth-order valence-corrected chi connectivity index (χ4v) is 4.47. The number of carbonyl (C=O) groups excluding carboxylic acids is 1. The van der Waals surface area contributed by atoms with Crippen molar-refractivity contribution in [3.05, 3.63) is 29.8 Å². The van der Waals surface area contributed by atoms with Gasteiger partial charge in [0.25, 0.3) is 0 Å². The van der Waals surface area contributed by atoms with Gasteiger partial charge < -0.3 is 5.11 Å². The molecule has 0 amide bonds. The molecule has 2 rings (SSSR count). The molecule has 1 aliphatic heterocycles. The number of aliphatic hydroxyl groups is 1. The van der Waals surface area contributed by atoms with Gasteiger partial charge in [-0.15, -0.1) is 0 Å². The zero-order valence-electron chi connectivity index (χ0n) is 18.3. The number of rotatable bonds is 13. The Morgan fingerprint density at radius 1 is 1.17 bits per heavy atom. The van der Waals surface area contributed by atoms with Crippen LogP contribution in [-0.2, 0) is 28.6 Å². The Hall–Kier alpha value is -1.32. The van der Waals surface area contributed by atoms with E-state index >= 15 is 0 Å². The van der Waals surface area contributed by atoms with Crippen molar-refractivity contribution in [2.24, 2.45) is 0 Å². The summed E-state index contributed by atoms with van der Waals surface area (Å²) in [6.07, 6.45) is 4.15. The summed E-state index contributed by atoms with van der Waals surface area (Å²) >= 11 is 0. The minimum Gasteiger partial charge on any atom is -0.382 e. The molecule has 0 radical (unpaired) electrons. The minimum atomic E-state index is -4.10. The van der Waals surface area contributed by atoms with Crippen LogP contribution < -0.4 is 0 Å². The Balaban J connectivity index is 1.92. The van der Waals surface area contributed by atoms with E-state index in [9.17, 15) is 18.3 Å². The third-order valence-electron chi connectivity index (χ3n) is 5.24. The van der Waals surface area contributed by atoms with Crippen LogP contribution in [0.3, 0.4) is 0 Å². The monoisotopic (exact) mass is 442 g/mol. The lowest BCUT2D eigenvalue weighted by Crippen LogP contribution is -2.55. The number of unbranched alkanes of at least 4 members (excludes halogenated alkanes) is 3. The second-order valence-electron chi connectivity index (χ2n) is 8.20. The largest absolute Gasteiger partial charge is 0.382 e. The van der Waals surface area contributed by atoms with E-state index in [1.807, 2.05) is 6.92 Å². The van der Waals surface area contributed by atoms with Crippen LogP contribution in [0.25, 0.3) is 0 Å². The molecule has 1 heterocycles. The maximum Gasteiger partial charge on any atom is 0.302 e. The van der Waals surface area contributed by atoms with E-state index < -0.39 is 28.0 Å². The molecule has 1 unspecified atom stereocenters. The molecule has 1 saturated heterocycles. The van der Waals surface area contributed by atoms with E-state index in [-0.39, 0.29) is 29.9 Å². The summed E-state index contributed by atoms with van der Waals surface area (Å²) in [5.41, 5.74) is -0.460. The lowest BCUT2D eigenvalue weighted by molar-refractivity contribution is -0.515. The maximum absolute atomic E-state index is 12.6. The van der Waals surface area contributed by atoms with Gasteiger partial charge in [0.1, 0.15) is 5.60 Å². The smallest absolute Gasteiger partial charge is 0.302 e. The quantitative estimate of drug-likeness (QED) is 0.361. The normalized spacial score (nSPS) is 23.6. The van der Waals surface area contributed by atoms with Gasteiger partial charge in [-0.2, -0.15) is 8.42 Å². The van der Waals surface area contributed by atoms with Crippen LogP contribution in [0.5, 0.6) is 0 Å². The van der Waals surface area contributed by atoms with Crippen molar-refractivity contribution < 1.29 is 32.0 Å². The molecule has 0 saturated carbocycles. The second kappa shape index (κ2) is 10.3. The molecule has 1 fully saturated rings. The van der Waals surface area contributed by atoms with Crippen LogP contribution in [-0.4, -0.2) is 37.2 Å². The molecule has 8 heteroatoms. The van der Waals surface area contributed by atoms with Crippen molar-refractivity contribution in [3.63, 3.8) is 0 Å². The average Bonchev–Trinajstić information content (AvgIpc) is 2.64. The van der Waals surface area contributed by atoms with Crippen molar-refractivity contribution >= 4 is 15.9 Å². The molecule has 0 spiro atoms. The van der Waals surface area contributed by atoms with Crippen LogP contribution in [0.15, 0.2) is 29.2 Å². The molecule has 30 heavy (non-hydrogen) atoms. The maximum atomic E-state index is 12.6. The highest BCUT2D eigenvalue weighted by atomic mass is 32.2. The molecule has 7 nitrogen and oxygen atoms in total. The lowest BCUT2D eigenvalue weighted by Gasteiger charge is -2.44. The molecule has 1 aliphatic rings. The highest BCUT2D eigenvalue weighted by Crippen LogP contribution is 2.38. The summed E-state index contributed by atoms with van der Waals surface area (Å²) in [5, 5.41) is 10.4. The predicted molar refractivity (Wildman–Crippen MR) is 112 cm³/mol. The zero-order chi connectivity index (χ0) is 22.4. The topological polar surface area (TPSA) is 99.1 Å². The van der Waals surface area contributed by atoms with E-state index in [0.29, 0.717) is 6.42 Å². The fourth-order valence-electron chi connectivity index (χ4n) is 3.40. The molecular formula is C22H34O7S. The molecule has 0 bridgehead atoms. The number of ketones is 1. The van der Waals surface area contributed by atoms with Gasteiger partial charge in [-0.3, -0.25) is 14.3 Å². The predicted octanol–water partition coefficient (Wildman–Crippen LogP) is 4.21. The fraction of sp³-hybridized carbons (Fsp3) is 0.682. The van der Waals surface area contributed by atoms with E-state index in [4.69, 9.17) is 13.7 Å². The number of hydrogen-bond donors (Lipinski definition) is 1. The third-order valence-corrected chi connectivity index (χ3v) is 6.56. The molecule has 0 aliphatic carbocycles. The second-order valence-corrected chi connectivity index (χ2v) is 9.74. The Morgan fingerprint density at radius 2 is 1.80 bits per heavy atom. The van der Waals surface area contributed by atoms with E-state index in [1.165, 1.54) is 19.1 Å². The SMILES string of the molecule is CCCCCCC(C)(O)C(=O)CCCC1(OS(=O)(=O)c2ccc(C)cc2)OC(C)O1. The third kappa shape index (κ3) is 6.85. The standard InChI is InChI=1S/C22H34O7S/c1-5-6-7-8-15-21(4,24)20(23)10-9-16-22(27-18(3)28-22)29-30(25,26)19-13-11-17(2)12-14-19/h11-14,18,24H,5-10,15-16H2,1-4H3. The van der Waals surface area contributed by atoms with Crippen LogP contribution in [0, 0.1) is 6.92 Å². The molecule has 0 aromatic heterocycles. The lowest BCUT2D eigenvalue weighted by atomic mass is 9.90. The van der Waals surface area contributed by atoms with Crippen LogP contribution in [0.1, 0.15) is 77.7 Å². The van der Waals surface area contributed by atoms with Crippen LogP contribution >= 0.6 is 0 Å². The summed E-state index contributed by atoms with van der Waals surface area (Å²) in [4.78, 5) is 12.4. The van der Waals surface area contributed by atoms with Gasteiger partial charge in [-0.1, -0.05) is 50.3 Å². The average molecular weight is 443 g/mol. The van der Waals surface area contributed by atoms with Crippen LogP contribution in [0.2, 0.25) is 0 Å². The molecule has 170 valence electrons. The van der Waals surface area contributed by atoms with Crippen LogP contribution in [0.4, 0.5) is 0 Å². The van der Waals surface area contributed by atoms with Crippen molar-refractivity contribution in [2.75, 3.05) is 0 Å². The highest BCUT2D eigenvalue weighted by Gasteiger charge is 2.50. The minimum absolute atomic E-state index is 0.00492. The first kappa shape index (κ1) is 24.9. The van der Waals surface area contributed by atoms with Gasteiger partial charge >= 0.3 is 16.1 Å². The molecule has 1 atom stereocenters. The van der Waals surface area contributed by atoms with Gasteiger partial charge in [0.15, 0.2) is 12.1 Å². The van der Waals surface area contributed by atoms with E-state index in [1.54, 1.807) is 19.1 Å². The Labute approximate surface area is 179 Å². The first-order valence-electron chi connectivity index (χ1n) is 10.6. The summed E-state index contributed by atoms with van der Waals surface area (Å²) < 4.78 is 41.4. The number of Topliss-reactive ketones (excluding diaryl/α,β-unsaturated/α-hetero) is 1. The van der Waals surface area contributed by atoms with Gasteiger partial charge in [0.2, 0.25) is 0 Å².